The van der Waals surface area contributed by atoms with Gasteiger partial charge in [-0.3, -0.25) is 23.7 Å². The molecule has 2 heterocycles. The number of carbonyl (C=O) groups excluding carboxylic acids is 2. The average Bonchev–Trinajstić information content (AvgIpc) is 3.43. The molecule has 2 aromatic carbocycles. The van der Waals surface area contributed by atoms with Crippen LogP contribution in [0.2, 0.25) is 0 Å². The van der Waals surface area contributed by atoms with E-state index in [1.165, 1.54) is 4.68 Å². The molecule has 0 spiro atoms. The summed E-state index contributed by atoms with van der Waals surface area (Å²) in [5.74, 6) is -0.710. The molecule has 9 heteroatoms. The first-order chi connectivity index (χ1) is 15.9. The Balaban J connectivity index is 1.54. The predicted molar refractivity (Wildman–Crippen MR) is 126 cm³/mol. The first-order valence-corrected chi connectivity index (χ1v) is 10.4. The maximum Gasteiger partial charge on any atom is 0.295 e. The SMILES string of the molecule is Cc1c(NC(=O)c2cccc(NC(=O)C(C)n3cccn3)c2)c(=O)n(-c2ccccc2)n1C. The van der Waals surface area contributed by atoms with Gasteiger partial charge in [0.25, 0.3) is 11.5 Å². The van der Waals surface area contributed by atoms with Gasteiger partial charge in [-0.05, 0) is 50.2 Å². The lowest BCUT2D eigenvalue weighted by atomic mass is 10.1. The van der Waals surface area contributed by atoms with Crippen LogP contribution < -0.4 is 16.2 Å². The van der Waals surface area contributed by atoms with Crippen LogP contribution in [0.3, 0.4) is 0 Å². The average molecular weight is 444 g/mol. The number of rotatable bonds is 6. The van der Waals surface area contributed by atoms with E-state index < -0.39 is 11.9 Å². The van der Waals surface area contributed by atoms with Crippen LogP contribution in [0.4, 0.5) is 11.4 Å². The number of hydrogen-bond acceptors (Lipinski definition) is 4. The maximum atomic E-state index is 13.0. The Bertz CT molecular complexity index is 1350. The number of amides is 2. The predicted octanol–water partition coefficient (Wildman–Crippen LogP) is 3.13. The summed E-state index contributed by atoms with van der Waals surface area (Å²) in [5, 5.41) is 9.61. The van der Waals surface area contributed by atoms with Crippen molar-refractivity contribution in [2.24, 2.45) is 7.05 Å². The van der Waals surface area contributed by atoms with Crippen molar-refractivity contribution in [1.82, 2.24) is 19.1 Å². The van der Waals surface area contributed by atoms with E-state index in [-0.39, 0.29) is 17.2 Å². The van der Waals surface area contributed by atoms with Crippen LogP contribution in [0.25, 0.3) is 5.69 Å². The van der Waals surface area contributed by atoms with E-state index in [0.29, 0.717) is 22.6 Å². The van der Waals surface area contributed by atoms with Gasteiger partial charge in [0.05, 0.1) is 11.4 Å². The minimum absolute atomic E-state index is 0.202. The third-order valence-corrected chi connectivity index (χ3v) is 5.49. The molecule has 2 N–H and O–H groups in total. The highest BCUT2D eigenvalue weighted by molar-refractivity contribution is 6.05. The fraction of sp³-hybridized carbons (Fsp3) is 0.167. The van der Waals surface area contributed by atoms with Crippen molar-refractivity contribution < 1.29 is 9.59 Å². The van der Waals surface area contributed by atoms with Gasteiger partial charge < -0.3 is 10.6 Å². The van der Waals surface area contributed by atoms with E-state index in [0.717, 1.165) is 0 Å². The summed E-state index contributed by atoms with van der Waals surface area (Å²) in [6, 6.07) is 17.0. The molecule has 2 amide bonds. The molecular formula is C24H24N6O3. The van der Waals surface area contributed by atoms with Crippen LogP contribution >= 0.6 is 0 Å². The molecule has 4 rings (SSSR count). The Morgan fingerprint density at radius 3 is 2.45 bits per heavy atom. The van der Waals surface area contributed by atoms with Crippen molar-refractivity contribution in [1.29, 1.82) is 0 Å². The number of anilines is 2. The first-order valence-electron chi connectivity index (χ1n) is 10.4. The van der Waals surface area contributed by atoms with E-state index in [9.17, 15) is 14.4 Å². The highest BCUT2D eigenvalue weighted by atomic mass is 16.2. The van der Waals surface area contributed by atoms with Crippen LogP contribution in [0.1, 0.15) is 29.0 Å². The van der Waals surface area contributed by atoms with Crippen LogP contribution in [-0.4, -0.2) is 31.0 Å². The van der Waals surface area contributed by atoms with E-state index in [1.807, 2.05) is 30.3 Å². The molecule has 1 unspecified atom stereocenters. The molecule has 0 fully saturated rings. The first kappa shape index (κ1) is 21.8. The zero-order valence-electron chi connectivity index (χ0n) is 18.5. The van der Waals surface area contributed by atoms with Crippen LogP contribution in [0, 0.1) is 6.92 Å². The number of para-hydroxylation sites is 1. The minimum Gasteiger partial charge on any atom is -0.324 e. The molecule has 0 saturated heterocycles. The standard InChI is InChI=1S/C24H24N6O3/c1-16-21(24(33)30(28(16)3)20-11-5-4-6-12-20)27-23(32)18-9-7-10-19(15-18)26-22(31)17(2)29-14-8-13-25-29/h4-15,17H,1-3H3,(H,26,31)(H,27,32). The minimum atomic E-state index is -0.513. The third-order valence-electron chi connectivity index (χ3n) is 5.49. The van der Waals surface area contributed by atoms with Crippen molar-refractivity contribution in [3.63, 3.8) is 0 Å². The van der Waals surface area contributed by atoms with Gasteiger partial charge in [0, 0.05) is 30.7 Å². The van der Waals surface area contributed by atoms with Crippen molar-refractivity contribution in [3.8, 4) is 5.69 Å². The van der Waals surface area contributed by atoms with E-state index in [1.54, 1.807) is 73.0 Å². The Morgan fingerprint density at radius 2 is 1.76 bits per heavy atom. The van der Waals surface area contributed by atoms with Crippen molar-refractivity contribution in [2.45, 2.75) is 19.9 Å². The lowest BCUT2D eigenvalue weighted by Crippen LogP contribution is -2.24. The van der Waals surface area contributed by atoms with Crippen LogP contribution in [0.15, 0.2) is 77.9 Å². The van der Waals surface area contributed by atoms with Crippen LogP contribution in [0.5, 0.6) is 0 Å². The largest absolute Gasteiger partial charge is 0.324 e. The number of aromatic nitrogens is 4. The summed E-state index contributed by atoms with van der Waals surface area (Å²) in [5.41, 5.74) is 1.98. The van der Waals surface area contributed by atoms with Gasteiger partial charge in [-0.1, -0.05) is 24.3 Å². The number of benzene rings is 2. The number of nitrogens with zero attached hydrogens (tertiary/aromatic N) is 4. The molecule has 1 atom stereocenters. The zero-order valence-corrected chi connectivity index (χ0v) is 18.5. The fourth-order valence-electron chi connectivity index (χ4n) is 3.51. The van der Waals surface area contributed by atoms with Crippen molar-refractivity contribution in [3.05, 3.63) is 94.7 Å². The number of carbonyl (C=O) groups is 2. The summed E-state index contributed by atoms with van der Waals surface area (Å²) in [6.07, 6.45) is 3.31. The van der Waals surface area contributed by atoms with Gasteiger partial charge in [-0.15, -0.1) is 0 Å². The molecule has 0 aliphatic carbocycles. The summed E-state index contributed by atoms with van der Waals surface area (Å²) < 4.78 is 4.74. The van der Waals surface area contributed by atoms with E-state index in [2.05, 4.69) is 15.7 Å². The number of nitrogens with one attached hydrogen (secondary N) is 2. The van der Waals surface area contributed by atoms with Crippen molar-refractivity contribution in [2.75, 3.05) is 10.6 Å². The lowest BCUT2D eigenvalue weighted by Gasteiger charge is -2.13. The van der Waals surface area contributed by atoms with Gasteiger partial charge in [0.15, 0.2) is 0 Å². The second kappa shape index (κ2) is 8.99. The van der Waals surface area contributed by atoms with E-state index >= 15 is 0 Å². The molecule has 0 aliphatic heterocycles. The lowest BCUT2D eigenvalue weighted by molar-refractivity contribution is -0.119. The van der Waals surface area contributed by atoms with Gasteiger partial charge >= 0.3 is 0 Å². The summed E-state index contributed by atoms with van der Waals surface area (Å²) >= 11 is 0. The molecule has 168 valence electrons. The summed E-state index contributed by atoms with van der Waals surface area (Å²) in [6.45, 7) is 3.50. The van der Waals surface area contributed by atoms with Crippen molar-refractivity contribution >= 4 is 23.2 Å². The van der Waals surface area contributed by atoms with Gasteiger partial charge in [-0.2, -0.15) is 5.10 Å². The Hall–Kier alpha value is -4.40. The third kappa shape index (κ3) is 4.33. The molecule has 2 aromatic heterocycles. The smallest absolute Gasteiger partial charge is 0.295 e. The highest BCUT2D eigenvalue weighted by Gasteiger charge is 2.20. The molecule has 0 saturated carbocycles. The summed E-state index contributed by atoms with van der Waals surface area (Å²) in [4.78, 5) is 38.5. The monoisotopic (exact) mass is 444 g/mol. The van der Waals surface area contributed by atoms with Gasteiger partial charge in [-0.25, -0.2) is 4.68 Å². The molecule has 0 radical (unpaired) electrons. The molecular weight excluding hydrogens is 420 g/mol. The normalized spacial score (nSPS) is 11.7. The quantitative estimate of drug-likeness (QED) is 0.477. The fourth-order valence-corrected chi connectivity index (χ4v) is 3.51. The Labute approximate surface area is 190 Å². The second-order valence-corrected chi connectivity index (χ2v) is 7.62. The molecule has 0 bridgehead atoms. The molecule has 33 heavy (non-hydrogen) atoms. The second-order valence-electron chi connectivity index (χ2n) is 7.62. The molecule has 0 aliphatic rings. The highest BCUT2D eigenvalue weighted by Crippen LogP contribution is 2.17. The molecule has 9 nitrogen and oxygen atoms in total. The van der Waals surface area contributed by atoms with Crippen LogP contribution in [-0.2, 0) is 11.8 Å². The number of hydrogen-bond donors (Lipinski definition) is 2. The zero-order chi connectivity index (χ0) is 23.5. The molecule has 4 aromatic rings. The van der Waals surface area contributed by atoms with Gasteiger partial charge in [0.1, 0.15) is 11.7 Å². The van der Waals surface area contributed by atoms with E-state index in [4.69, 9.17) is 0 Å². The van der Waals surface area contributed by atoms with Gasteiger partial charge in [0.2, 0.25) is 5.91 Å². The summed E-state index contributed by atoms with van der Waals surface area (Å²) in [7, 11) is 1.76. The topological polar surface area (TPSA) is 103 Å². The Kier molecular flexibility index (Phi) is 5.95. The Morgan fingerprint density at radius 1 is 1.00 bits per heavy atom. The maximum absolute atomic E-state index is 13.0.